The fourth-order valence-corrected chi connectivity index (χ4v) is 3.70. The van der Waals surface area contributed by atoms with Gasteiger partial charge in [-0.25, -0.2) is 0 Å². The van der Waals surface area contributed by atoms with Gasteiger partial charge in [-0.2, -0.15) is 0 Å². The number of para-hydroxylation sites is 1. The third-order valence-corrected chi connectivity index (χ3v) is 4.65. The molecule has 0 radical (unpaired) electrons. The van der Waals surface area contributed by atoms with Crippen LogP contribution in [0.3, 0.4) is 0 Å². The summed E-state index contributed by atoms with van der Waals surface area (Å²) in [6.07, 6.45) is 3.80. The van der Waals surface area contributed by atoms with E-state index in [2.05, 4.69) is 37.2 Å². The lowest BCUT2D eigenvalue weighted by Crippen LogP contribution is -2.20. The monoisotopic (exact) mass is 342 g/mol. The molecule has 1 aliphatic heterocycles. The molecule has 1 fully saturated rings. The zero-order valence-corrected chi connectivity index (χ0v) is 11.9. The van der Waals surface area contributed by atoms with Crippen molar-refractivity contribution in [3.05, 3.63) is 27.1 Å². The Hall–Kier alpha value is -0.350. The average molecular weight is 344 g/mol. The highest BCUT2D eigenvalue weighted by molar-refractivity contribution is 9.11. The number of aliphatic imine (C=N–C) groups is 1. The standard InChI is InChI=1S/C12H12Br2N2/c13-9-2-1-3-10(14)11(9)16-12-7-4-5-8(6-7)15-12/h1-3,7-8H,4-6H2,(H,15,16)/t7-,8+/m1/s1. The summed E-state index contributed by atoms with van der Waals surface area (Å²) in [5.74, 6) is 1.83. The second-order valence-electron chi connectivity index (χ2n) is 4.40. The van der Waals surface area contributed by atoms with Crippen molar-refractivity contribution in [3.63, 3.8) is 0 Å². The number of amidine groups is 1. The summed E-state index contributed by atoms with van der Waals surface area (Å²) in [5, 5.41) is 3.47. The molecule has 3 rings (SSSR count). The van der Waals surface area contributed by atoms with Crippen molar-refractivity contribution in [1.29, 1.82) is 0 Å². The van der Waals surface area contributed by atoms with Crippen molar-refractivity contribution < 1.29 is 0 Å². The maximum Gasteiger partial charge on any atom is 0.104 e. The third kappa shape index (κ3) is 1.82. The Kier molecular flexibility index (Phi) is 2.80. The van der Waals surface area contributed by atoms with Crippen molar-refractivity contribution in [2.24, 2.45) is 10.9 Å². The molecule has 1 saturated carbocycles. The average Bonchev–Trinajstić information content (AvgIpc) is 2.85. The molecule has 16 heavy (non-hydrogen) atoms. The fourth-order valence-electron chi connectivity index (χ4n) is 2.51. The predicted octanol–water partition coefficient (Wildman–Crippen LogP) is 4.20. The Morgan fingerprint density at radius 2 is 1.94 bits per heavy atom. The molecule has 2 nitrogen and oxygen atoms in total. The second-order valence-corrected chi connectivity index (χ2v) is 6.11. The van der Waals surface area contributed by atoms with Gasteiger partial charge in [-0.1, -0.05) is 6.07 Å². The summed E-state index contributed by atoms with van der Waals surface area (Å²) in [5.41, 5.74) is 1.09. The zero-order chi connectivity index (χ0) is 11.1. The van der Waals surface area contributed by atoms with Gasteiger partial charge in [0, 0.05) is 14.9 Å². The molecule has 0 unspecified atom stereocenters. The molecule has 0 saturated heterocycles. The summed E-state index contributed by atoms with van der Waals surface area (Å²) < 4.78 is 2.15. The van der Waals surface area contributed by atoms with Crippen LogP contribution in [0.15, 0.2) is 32.1 Å². The molecule has 2 atom stereocenters. The van der Waals surface area contributed by atoms with Gasteiger partial charge in [0.2, 0.25) is 0 Å². The van der Waals surface area contributed by atoms with Crippen molar-refractivity contribution in [2.75, 3.05) is 5.32 Å². The van der Waals surface area contributed by atoms with Crippen LogP contribution in [0.25, 0.3) is 0 Å². The van der Waals surface area contributed by atoms with Gasteiger partial charge in [0.25, 0.3) is 0 Å². The van der Waals surface area contributed by atoms with Gasteiger partial charge in [0.05, 0.1) is 11.7 Å². The van der Waals surface area contributed by atoms with E-state index in [4.69, 9.17) is 4.99 Å². The Balaban J connectivity index is 1.87. The van der Waals surface area contributed by atoms with E-state index in [9.17, 15) is 0 Å². The molecule has 1 heterocycles. The van der Waals surface area contributed by atoms with Gasteiger partial charge in [-0.05, 0) is 63.3 Å². The number of anilines is 1. The quantitative estimate of drug-likeness (QED) is 0.811. The van der Waals surface area contributed by atoms with Crippen molar-refractivity contribution >= 4 is 43.4 Å². The summed E-state index contributed by atoms with van der Waals surface area (Å²) in [4.78, 5) is 4.70. The molecule has 2 aliphatic rings. The van der Waals surface area contributed by atoms with Gasteiger partial charge in [0.15, 0.2) is 0 Å². The van der Waals surface area contributed by atoms with E-state index >= 15 is 0 Å². The van der Waals surface area contributed by atoms with Crippen molar-refractivity contribution in [1.82, 2.24) is 0 Å². The lowest BCUT2D eigenvalue weighted by Gasteiger charge is -2.16. The summed E-state index contributed by atoms with van der Waals surface area (Å²) in [6, 6.07) is 6.68. The maximum absolute atomic E-state index is 4.70. The number of rotatable bonds is 1. The lowest BCUT2D eigenvalue weighted by atomic mass is 10.1. The summed E-state index contributed by atoms with van der Waals surface area (Å²) in [7, 11) is 0. The SMILES string of the molecule is Brc1cccc(Br)c1NC1=N[C@H]2CC[C@@H]1C2. The smallest absolute Gasteiger partial charge is 0.104 e. The van der Waals surface area contributed by atoms with Gasteiger partial charge >= 0.3 is 0 Å². The Morgan fingerprint density at radius 1 is 1.19 bits per heavy atom. The van der Waals surface area contributed by atoms with Crippen molar-refractivity contribution in [3.8, 4) is 0 Å². The van der Waals surface area contributed by atoms with E-state index in [0.717, 1.165) is 14.6 Å². The zero-order valence-electron chi connectivity index (χ0n) is 8.71. The number of nitrogens with one attached hydrogen (secondary N) is 1. The van der Waals surface area contributed by atoms with Crippen LogP contribution in [0.5, 0.6) is 0 Å². The van der Waals surface area contributed by atoms with Gasteiger partial charge in [-0.15, -0.1) is 0 Å². The van der Waals surface area contributed by atoms with E-state index in [1.807, 2.05) is 18.2 Å². The molecule has 4 heteroatoms. The van der Waals surface area contributed by atoms with Crippen LogP contribution in [-0.4, -0.2) is 11.9 Å². The molecule has 2 bridgehead atoms. The largest absolute Gasteiger partial charge is 0.342 e. The van der Waals surface area contributed by atoms with Crippen molar-refractivity contribution in [2.45, 2.75) is 25.3 Å². The van der Waals surface area contributed by atoms with Crippen LogP contribution in [-0.2, 0) is 0 Å². The number of hydrogen-bond acceptors (Lipinski definition) is 2. The van der Waals surface area contributed by atoms with E-state index in [1.165, 1.54) is 25.1 Å². The summed E-state index contributed by atoms with van der Waals surface area (Å²) in [6.45, 7) is 0. The van der Waals surface area contributed by atoms with Crippen LogP contribution in [0.1, 0.15) is 19.3 Å². The highest BCUT2D eigenvalue weighted by atomic mass is 79.9. The van der Waals surface area contributed by atoms with Crippen LogP contribution in [0.2, 0.25) is 0 Å². The summed E-state index contributed by atoms with van der Waals surface area (Å²) >= 11 is 7.12. The molecule has 84 valence electrons. The topological polar surface area (TPSA) is 24.4 Å². The molecule has 1 aliphatic carbocycles. The molecule has 1 aromatic carbocycles. The number of nitrogens with zero attached hydrogens (tertiary/aromatic N) is 1. The third-order valence-electron chi connectivity index (χ3n) is 3.33. The lowest BCUT2D eigenvalue weighted by molar-refractivity contribution is 0.718. The predicted molar refractivity (Wildman–Crippen MR) is 74.0 cm³/mol. The maximum atomic E-state index is 4.70. The van der Waals surface area contributed by atoms with Crippen LogP contribution in [0.4, 0.5) is 5.69 Å². The van der Waals surface area contributed by atoms with E-state index in [0.29, 0.717) is 12.0 Å². The molecular weight excluding hydrogens is 332 g/mol. The van der Waals surface area contributed by atoms with Gasteiger partial charge in [-0.3, -0.25) is 4.99 Å². The van der Waals surface area contributed by atoms with Crippen LogP contribution < -0.4 is 5.32 Å². The second kappa shape index (κ2) is 4.15. The fraction of sp³-hybridized carbons (Fsp3) is 0.417. The van der Waals surface area contributed by atoms with E-state index < -0.39 is 0 Å². The number of hydrogen-bond donors (Lipinski definition) is 1. The highest BCUT2D eigenvalue weighted by Crippen LogP contribution is 2.38. The normalized spacial score (nSPS) is 27.0. The first kappa shape index (κ1) is 10.8. The minimum atomic E-state index is 0.578. The highest BCUT2D eigenvalue weighted by Gasteiger charge is 2.34. The molecule has 1 aromatic rings. The molecule has 0 amide bonds. The number of fused-ring (bicyclic) bond motifs is 2. The number of benzene rings is 1. The molecule has 0 spiro atoms. The number of halogens is 2. The Bertz CT molecular complexity index is 436. The Morgan fingerprint density at radius 3 is 2.50 bits per heavy atom. The van der Waals surface area contributed by atoms with E-state index in [1.54, 1.807) is 0 Å². The first-order chi connectivity index (χ1) is 7.74. The van der Waals surface area contributed by atoms with Crippen LogP contribution in [0, 0.1) is 5.92 Å². The molecular formula is C12H12Br2N2. The first-order valence-corrected chi connectivity index (χ1v) is 7.11. The van der Waals surface area contributed by atoms with E-state index in [-0.39, 0.29) is 0 Å². The first-order valence-electron chi connectivity index (χ1n) is 5.53. The van der Waals surface area contributed by atoms with Crippen LogP contribution >= 0.6 is 31.9 Å². The minimum absolute atomic E-state index is 0.578. The van der Waals surface area contributed by atoms with Gasteiger partial charge in [0.1, 0.15) is 5.84 Å². The molecule has 0 aromatic heterocycles. The molecule has 1 N–H and O–H groups in total. The Labute approximate surface area is 112 Å². The minimum Gasteiger partial charge on any atom is -0.342 e. The van der Waals surface area contributed by atoms with Gasteiger partial charge < -0.3 is 5.32 Å².